The van der Waals surface area contributed by atoms with Crippen LogP contribution in [0.25, 0.3) is 0 Å². The summed E-state index contributed by atoms with van der Waals surface area (Å²) in [6, 6.07) is 0. The molecule has 0 N–H and O–H groups in total. The van der Waals surface area contributed by atoms with Gasteiger partial charge in [0.2, 0.25) is 0 Å². The molecule has 1 heteroatoms. The zero-order valence-electron chi connectivity index (χ0n) is 10.8. The molecule has 3 aliphatic rings. The summed E-state index contributed by atoms with van der Waals surface area (Å²) < 4.78 is 0. The molecule has 5 atom stereocenters. The lowest BCUT2D eigenvalue weighted by molar-refractivity contribution is 0.0474. The molecule has 0 radical (unpaired) electrons. The average molecular weight is 236 g/mol. The van der Waals surface area contributed by atoms with Crippen molar-refractivity contribution in [2.45, 2.75) is 46.5 Å². The number of hydrogen-bond donors (Lipinski definition) is 1. The molecule has 0 saturated heterocycles. The molecule has 0 nitrogen and oxygen atoms in total. The van der Waals surface area contributed by atoms with E-state index in [2.05, 4.69) is 33.4 Å². The Labute approximate surface area is 105 Å². The van der Waals surface area contributed by atoms with Crippen molar-refractivity contribution in [1.82, 2.24) is 0 Å². The first-order chi connectivity index (χ1) is 7.59. The number of rotatable bonds is 1. The number of allylic oxidation sites excluding steroid dienone is 1. The summed E-state index contributed by atoms with van der Waals surface area (Å²) >= 11 is 4.51. The van der Waals surface area contributed by atoms with Crippen molar-refractivity contribution in [3.05, 3.63) is 11.1 Å². The van der Waals surface area contributed by atoms with Gasteiger partial charge in [0.25, 0.3) is 0 Å². The van der Waals surface area contributed by atoms with E-state index in [0.717, 1.165) is 29.4 Å². The van der Waals surface area contributed by atoms with Crippen molar-refractivity contribution < 1.29 is 0 Å². The third-order valence-electron chi connectivity index (χ3n) is 6.06. The minimum absolute atomic E-state index is 0.676. The Morgan fingerprint density at radius 2 is 2.12 bits per heavy atom. The van der Waals surface area contributed by atoms with Gasteiger partial charge in [-0.05, 0) is 61.7 Å². The molecule has 90 valence electrons. The summed E-state index contributed by atoms with van der Waals surface area (Å²) in [6.07, 6.45) is 5.88. The van der Waals surface area contributed by atoms with Gasteiger partial charge in [0, 0.05) is 5.75 Å². The Kier molecular flexibility index (Phi) is 2.48. The van der Waals surface area contributed by atoms with Gasteiger partial charge in [-0.3, -0.25) is 0 Å². The van der Waals surface area contributed by atoms with Crippen LogP contribution in [0.3, 0.4) is 0 Å². The SMILES string of the molecule is CC(CS)=C1[C@@H]2[C@H](C)CC[C@@H]2[C@@]2(C)CC[C@@H]12. The van der Waals surface area contributed by atoms with Crippen molar-refractivity contribution in [3.63, 3.8) is 0 Å². The summed E-state index contributed by atoms with van der Waals surface area (Å²) in [4.78, 5) is 0. The van der Waals surface area contributed by atoms with E-state index in [1.165, 1.54) is 25.7 Å². The first-order valence-corrected chi connectivity index (χ1v) is 7.53. The summed E-state index contributed by atoms with van der Waals surface area (Å²) in [5.41, 5.74) is 4.12. The maximum Gasteiger partial charge on any atom is 0.0113 e. The van der Waals surface area contributed by atoms with Crippen LogP contribution in [0.4, 0.5) is 0 Å². The summed E-state index contributed by atoms with van der Waals surface area (Å²) in [6.45, 7) is 7.37. The molecule has 0 heterocycles. The third-order valence-corrected chi connectivity index (χ3v) is 6.53. The second kappa shape index (κ2) is 3.54. The molecular weight excluding hydrogens is 212 g/mol. The molecule has 0 unspecified atom stereocenters. The lowest BCUT2D eigenvalue weighted by Crippen LogP contribution is -2.38. The van der Waals surface area contributed by atoms with Crippen molar-refractivity contribution in [2.75, 3.05) is 5.75 Å². The molecule has 0 bridgehead atoms. The molecule has 3 rings (SSSR count). The van der Waals surface area contributed by atoms with Gasteiger partial charge in [-0.25, -0.2) is 0 Å². The fourth-order valence-electron chi connectivity index (χ4n) is 5.07. The van der Waals surface area contributed by atoms with E-state index in [4.69, 9.17) is 0 Å². The quantitative estimate of drug-likeness (QED) is 0.508. The maximum absolute atomic E-state index is 4.51. The molecule has 0 spiro atoms. The van der Waals surface area contributed by atoms with Crippen LogP contribution in [0.5, 0.6) is 0 Å². The van der Waals surface area contributed by atoms with Gasteiger partial charge < -0.3 is 0 Å². The Hall–Kier alpha value is 0.0900. The van der Waals surface area contributed by atoms with Crippen molar-refractivity contribution in [1.29, 1.82) is 0 Å². The van der Waals surface area contributed by atoms with E-state index in [0.29, 0.717) is 5.41 Å². The molecular formula is C15H24S. The predicted molar refractivity (Wildman–Crippen MR) is 72.8 cm³/mol. The second-order valence-corrected chi connectivity index (χ2v) is 6.99. The maximum atomic E-state index is 4.51. The lowest BCUT2D eigenvalue weighted by Gasteiger charge is -2.46. The number of hydrogen-bond acceptors (Lipinski definition) is 1. The van der Waals surface area contributed by atoms with Gasteiger partial charge in [0.05, 0.1) is 0 Å². The summed E-state index contributed by atoms with van der Waals surface area (Å²) in [5, 5.41) is 0. The van der Waals surface area contributed by atoms with Crippen LogP contribution in [-0.2, 0) is 0 Å². The minimum Gasteiger partial charge on any atom is -0.175 e. The van der Waals surface area contributed by atoms with E-state index in [1.807, 2.05) is 5.57 Å². The standard InChI is InChI=1S/C15H24S/c1-9-4-5-11-13(9)14(10(2)8-16)12-6-7-15(11,12)3/h9,11-13,16H,4-8H2,1-3H3/t9-,11+,12+,13-,15-/m1/s1. The van der Waals surface area contributed by atoms with Crippen LogP contribution in [0, 0.1) is 29.1 Å². The van der Waals surface area contributed by atoms with Gasteiger partial charge in [0.15, 0.2) is 0 Å². The average Bonchev–Trinajstić information content (AvgIpc) is 2.70. The summed E-state index contributed by atoms with van der Waals surface area (Å²) in [5.74, 6) is 4.75. The fourth-order valence-corrected chi connectivity index (χ4v) is 5.25. The molecule has 0 aliphatic heterocycles. The highest BCUT2D eigenvalue weighted by Crippen LogP contribution is 2.70. The molecule has 0 amide bonds. The molecule has 16 heavy (non-hydrogen) atoms. The molecule has 3 saturated carbocycles. The van der Waals surface area contributed by atoms with E-state index < -0.39 is 0 Å². The first-order valence-electron chi connectivity index (χ1n) is 6.90. The molecule has 3 aliphatic carbocycles. The smallest absolute Gasteiger partial charge is 0.0113 e. The van der Waals surface area contributed by atoms with Crippen molar-refractivity contribution >= 4 is 12.6 Å². The Morgan fingerprint density at radius 3 is 2.69 bits per heavy atom. The highest BCUT2D eigenvalue weighted by Gasteiger charge is 2.62. The minimum atomic E-state index is 0.676. The Balaban J connectivity index is 2.06. The van der Waals surface area contributed by atoms with Gasteiger partial charge in [-0.1, -0.05) is 25.0 Å². The van der Waals surface area contributed by atoms with Crippen LogP contribution >= 0.6 is 12.6 Å². The van der Waals surface area contributed by atoms with E-state index in [1.54, 1.807) is 5.57 Å². The Morgan fingerprint density at radius 1 is 1.38 bits per heavy atom. The molecule has 0 aromatic rings. The summed E-state index contributed by atoms with van der Waals surface area (Å²) in [7, 11) is 0. The van der Waals surface area contributed by atoms with Gasteiger partial charge in [0.1, 0.15) is 0 Å². The van der Waals surface area contributed by atoms with Crippen LogP contribution in [0.1, 0.15) is 46.5 Å². The normalized spacial score (nSPS) is 53.2. The number of thiol groups is 1. The fraction of sp³-hybridized carbons (Fsp3) is 0.867. The zero-order chi connectivity index (χ0) is 11.5. The van der Waals surface area contributed by atoms with Crippen molar-refractivity contribution in [3.8, 4) is 0 Å². The monoisotopic (exact) mass is 236 g/mol. The van der Waals surface area contributed by atoms with Crippen LogP contribution in [0.15, 0.2) is 11.1 Å². The molecule has 0 aromatic heterocycles. The number of fused-ring (bicyclic) bond motifs is 3. The van der Waals surface area contributed by atoms with E-state index in [-0.39, 0.29) is 0 Å². The Bertz CT molecular complexity index is 343. The molecule has 0 aromatic carbocycles. The third kappa shape index (κ3) is 1.19. The van der Waals surface area contributed by atoms with Crippen LogP contribution in [-0.4, -0.2) is 5.75 Å². The van der Waals surface area contributed by atoms with Gasteiger partial charge >= 0.3 is 0 Å². The topological polar surface area (TPSA) is 0 Å². The van der Waals surface area contributed by atoms with E-state index in [9.17, 15) is 0 Å². The second-order valence-electron chi connectivity index (χ2n) is 6.68. The first kappa shape index (κ1) is 11.2. The van der Waals surface area contributed by atoms with Gasteiger partial charge in [-0.2, -0.15) is 12.6 Å². The zero-order valence-corrected chi connectivity index (χ0v) is 11.7. The predicted octanol–water partition coefficient (Wildman–Crippen LogP) is 4.32. The van der Waals surface area contributed by atoms with Crippen molar-refractivity contribution in [2.24, 2.45) is 29.1 Å². The highest BCUT2D eigenvalue weighted by molar-refractivity contribution is 7.80. The van der Waals surface area contributed by atoms with Crippen LogP contribution in [0.2, 0.25) is 0 Å². The largest absolute Gasteiger partial charge is 0.175 e. The highest BCUT2D eigenvalue weighted by atomic mass is 32.1. The molecule has 3 fully saturated rings. The van der Waals surface area contributed by atoms with Gasteiger partial charge in [-0.15, -0.1) is 0 Å². The van der Waals surface area contributed by atoms with Crippen LogP contribution < -0.4 is 0 Å². The lowest BCUT2D eigenvalue weighted by atomic mass is 9.58. The van der Waals surface area contributed by atoms with E-state index >= 15 is 0 Å².